The molecular formula is C23H25N3O6. The van der Waals surface area contributed by atoms with Gasteiger partial charge in [-0.25, -0.2) is 9.59 Å². The van der Waals surface area contributed by atoms with E-state index in [2.05, 4.69) is 15.4 Å². The number of nitrogens with zero attached hydrogens (tertiary/aromatic N) is 1. The molecule has 168 valence electrons. The second-order valence-electron chi connectivity index (χ2n) is 7.43. The van der Waals surface area contributed by atoms with E-state index < -0.39 is 24.0 Å². The van der Waals surface area contributed by atoms with E-state index >= 15 is 0 Å². The predicted octanol–water partition coefficient (Wildman–Crippen LogP) is 2.81. The molecule has 1 aliphatic rings. The van der Waals surface area contributed by atoms with Crippen molar-refractivity contribution in [1.82, 2.24) is 5.32 Å². The van der Waals surface area contributed by atoms with E-state index in [-0.39, 0.29) is 17.9 Å². The van der Waals surface area contributed by atoms with Gasteiger partial charge in [-0.1, -0.05) is 12.1 Å². The number of carboxylic acid groups (broad SMARTS) is 1. The van der Waals surface area contributed by atoms with Crippen LogP contribution >= 0.6 is 0 Å². The Morgan fingerprint density at radius 2 is 1.75 bits per heavy atom. The second kappa shape index (κ2) is 10.4. The van der Waals surface area contributed by atoms with E-state index in [1.807, 2.05) is 0 Å². The first kappa shape index (κ1) is 22.8. The van der Waals surface area contributed by atoms with Gasteiger partial charge in [0.2, 0.25) is 5.91 Å². The van der Waals surface area contributed by atoms with Crippen LogP contribution in [0, 0.1) is 0 Å². The molecule has 3 rings (SSSR count). The SMILES string of the molecule is COC(=O)Nc1ccc(C(=O)NC(Cc2ccc(N3CCCCC3=O)cc2)C(=O)O)cc1. The van der Waals surface area contributed by atoms with Crippen molar-refractivity contribution in [2.45, 2.75) is 31.7 Å². The first-order valence-corrected chi connectivity index (χ1v) is 10.3. The van der Waals surface area contributed by atoms with Crippen molar-refractivity contribution in [3.05, 3.63) is 59.7 Å². The summed E-state index contributed by atoms with van der Waals surface area (Å²) in [6, 6.07) is 12.0. The lowest BCUT2D eigenvalue weighted by molar-refractivity contribution is -0.139. The lowest BCUT2D eigenvalue weighted by Gasteiger charge is -2.27. The number of hydrogen-bond acceptors (Lipinski definition) is 5. The molecule has 1 saturated heterocycles. The number of rotatable bonds is 7. The molecule has 0 saturated carbocycles. The van der Waals surface area contributed by atoms with Crippen LogP contribution in [0.4, 0.5) is 16.2 Å². The largest absolute Gasteiger partial charge is 0.480 e. The minimum absolute atomic E-state index is 0.0903. The molecule has 9 heteroatoms. The molecule has 3 amide bonds. The molecule has 1 heterocycles. The highest BCUT2D eigenvalue weighted by molar-refractivity contribution is 5.97. The molecule has 0 bridgehead atoms. The lowest BCUT2D eigenvalue weighted by Crippen LogP contribution is -2.42. The number of aliphatic carboxylic acids is 1. The van der Waals surface area contributed by atoms with Crippen LogP contribution in [0.2, 0.25) is 0 Å². The topological polar surface area (TPSA) is 125 Å². The number of benzene rings is 2. The number of nitrogens with one attached hydrogen (secondary N) is 2. The van der Waals surface area contributed by atoms with E-state index in [4.69, 9.17) is 0 Å². The van der Waals surface area contributed by atoms with E-state index in [9.17, 15) is 24.3 Å². The standard InChI is InChI=1S/C23H25N3O6/c1-32-23(31)24-17-9-7-16(8-10-17)21(28)25-19(22(29)30)14-15-5-11-18(12-6-15)26-13-3-2-4-20(26)27/h5-12,19H,2-4,13-14H2,1H3,(H,24,31)(H,25,28)(H,29,30). The molecule has 3 N–H and O–H groups in total. The quantitative estimate of drug-likeness (QED) is 0.609. The smallest absolute Gasteiger partial charge is 0.411 e. The Balaban J connectivity index is 1.63. The summed E-state index contributed by atoms with van der Waals surface area (Å²) in [4.78, 5) is 49.2. The Kier molecular flexibility index (Phi) is 7.43. The number of amides is 3. The van der Waals surface area contributed by atoms with Gasteiger partial charge in [0.05, 0.1) is 7.11 Å². The average Bonchev–Trinajstić information content (AvgIpc) is 2.79. The molecule has 0 spiro atoms. The van der Waals surface area contributed by atoms with Gasteiger partial charge in [-0.05, 0) is 54.8 Å². The maximum atomic E-state index is 12.5. The van der Waals surface area contributed by atoms with Crippen molar-refractivity contribution < 1.29 is 29.0 Å². The zero-order valence-electron chi connectivity index (χ0n) is 17.7. The van der Waals surface area contributed by atoms with Gasteiger partial charge in [-0.15, -0.1) is 0 Å². The van der Waals surface area contributed by atoms with Crippen molar-refractivity contribution in [1.29, 1.82) is 0 Å². The monoisotopic (exact) mass is 439 g/mol. The predicted molar refractivity (Wildman–Crippen MR) is 118 cm³/mol. The van der Waals surface area contributed by atoms with Crippen molar-refractivity contribution in [3.63, 3.8) is 0 Å². The van der Waals surface area contributed by atoms with Gasteiger partial charge >= 0.3 is 12.1 Å². The molecule has 1 atom stereocenters. The minimum atomic E-state index is -1.15. The van der Waals surface area contributed by atoms with Gasteiger partial charge in [-0.3, -0.25) is 14.9 Å². The molecule has 2 aromatic rings. The normalized spacial score (nSPS) is 14.4. The third kappa shape index (κ3) is 5.84. The fourth-order valence-corrected chi connectivity index (χ4v) is 3.44. The fraction of sp³-hybridized carbons (Fsp3) is 0.304. The van der Waals surface area contributed by atoms with Crippen LogP contribution in [-0.2, 0) is 20.7 Å². The highest BCUT2D eigenvalue weighted by atomic mass is 16.5. The first-order valence-electron chi connectivity index (χ1n) is 10.3. The van der Waals surface area contributed by atoms with Crippen molar-refractivity contribution in [2.24, 2.45) is 0 Å². The van der Waals surface area contributed by atoms with Crippen LogP contribution in [0.1, 0.15) is 35.2 Å². The number of anilines is 2. The number of carbonyl (C=O) groups excluding carboxylic acids is 3. The lowest BCUT2D eigenvalue weighted by atomic mass is 10.0. The van der Waals surface area contributed by atoms with Gasteiger partial charge in [0.25, 0.3) is 5.91 Å². The zero-order valence-corrected chi connectivity index (χ0v) is 17.7. The number of methoxy groups -OCH3 is 1. The molecule has 1 unspecified atom stereocenters. The molecule has 1 fully saturated rings. The van der Waals surface area contributed by atoms with E-state index in [1.54, 1.807) is 29.2 Å². The third-order valence-corrected chi connectivity index (χ3v) is 5.19. The molecule has 0 aromatic heterocycles. The van der Waals surface area contributed by atoms with Crippen LogP contribution in [-0.4, -0.2) is 48.7 Å². The summed E-state index contributed by atoms with van der Waals surface area (Å²) >= 11 is 0. The van der Waals surface area contributed by atoms with Crippen LogP contribution < -0.4 is 15.5 Å². The van der Waals surface area contributed by atoms with Crippen molar-refractivity contribution >= 4 is 35.3 Å². The van der Waals surface area contributed by atoms with Crippen LogP contribution in [0.5, 0.6) is 0 Å². The number of carboxylic acids is 1. The Morgan fingerprint density at radius 1 is 1.06 bits per heavy atom. The summed E-state index contributed by atoms with van der Waals surface area (Å²) < 4.78 is 4.50. The van der Waals surface area contributed by atoms with Gasteiger partial charge in [0, 0.05) is 36.3 Å². The first-order chi connectivity index (χ1) is 15.4. The summed E-state index contributed by atoms with van der Waals surface area (Å²) in [5.74, 6) is -1.61. The maximum Gasteiger partial charge on any atom is 0.411 e. The summed E-state index contributed by atoms with van der Waals surface area (Å²) in [6.07, 6.45) is 1.85. The Bertz CT molecular complexity index is 988. The zero-order chi connectivity index (χ0) is 23.1. The molecule has 32 heavy (non-hydrogen) atoms. The molecule has 2 aromatic carbocycles. The highest BCUT2D eigenvalue weighted by Gasteiger charge is 2.22. The number of hydrogen-bond donors (Lipinski definition) is 3. The Labute approximate surface area is 185 Å². The molecular weight excluding hydrogens is 414 g/mol. The van der Waals surface area contributed by atoms with E-state index in [0.29, 0.717) is 18.7 Å². The highest BCUT2D eigenvalue weighted by Crippen LogP contribution is 2.22. The summed E-state index contributed by atoms with van der Waals surface area (Å²) in [5, 5.41) is 14.6. The van der Waals surface area contributed by atoms with E-state index in [1.165, 1.54) is 31.4 Å². The fourth-order valence-electron chi connectivity index (χ4n) is 3.44. The summed E-state index contributed by atoms with van der Waals surface area (Å²) in [5.41, 5.74) is 2.21. The summed E-state index contributed by atoms with van der Waals surface area (Å²) in [6.45, 7) is 0.680. The van der Waals surface area contributed by atoms with Crippen molar-refractivity contribution in [2.75, 3.05) is 23.9 Å². The Hall–Kier alpha value is -3.88. The van der Waals surface area contributed by atoms with Gasteiger partial charge in [0.1, 0.15) is 6.04 Å². The molecule has 1 aliphatic heterocycles. The molecule has 9 nitrogen and oxygen atoms in total. The number of carbonyl (C=O) groups is 4. The van der Waals surface area contributed by atoms with Crippen LogP contribution in [0.25, 0.3) is 0 Å². The van der Waals surface area contributed by atoms with Gasteiger partial charge in [-0.2, -0.15) is 0 Å². The second-order valence-corrected chi connectivity index (χ2v) is 7.43. The number of ether oxygens (including phenoxy) is 1. The Morgan fingerprint density at radius 3 is 2.34 bits per heavy atom. The van der Waals surface area contributed by atoms with E-state index in [0.717, 1.165) is 24.1 Å². The van der Waals surface area contributed by atoms with Gasteiger partial charge in [0.15, 0.2) is 0 Å². The molecule has 0 radical (unpaired) electrons. The van der Waals surface area contributed by atoms with Crippen LogP contribution in [0.15, 0.2) is 48.5 Å². The minimum Gasteiger partial charge on any atom is -0.480 e. The van der Waals surface area contributed by atoms with Crippen LogP contribution in [0.3, 0.4) is 0 Å². The van der Waals surface area contributed by atoms with Gasteiger partial charge < -0.3 is 20.1 Å². The summed E-state index contributed by atoms with van der Waals surface area (Å²) in [7, 11) is 1.24. The third-order valence-electron chi connectivity index (χ3n) is 5.19. The molecule has 0 aliphatic carbocycles. The number of piperidine rings is 1. The van der Waals surface area contributed by atoms with Crippen molar-refractivity contribution in [3.8, 4) is 0 Å². The maximum absolute atomic E-state index is 12.5. The average molecular weight is 439 g/mol.